The lowest BCUT2D eigenvalue weighted by molar-refractivity contribution is -0.145. The quantitative estimate of drug-likeness (QED) is 0.304. The summed E-state index contributed by atoms with van der Waals surface area (Å²) in [6, 6.07) is 4.39. The Morgan fingerprint density at radius 2 is 1.71 bits per heavy atom. The summed E-state index contributed by atoms with van der Waals surface area (Å²) in [4.78, 5) is 39.1. The van der Waals surface area contributed by atoms with Gasteiger partial charge in [0.15, 0.2) is 0 Å². The number of nitrogens with one attached hydrogen (secondary N) is 1. The zero-order valence-corrected chi connectivity index (χ0v) is 24.8. The second-order valence-electron chi connectivity index (χ2n) is 10.7. The van der Waals surface area contributed by atoms with Crippen LogP contribution in [-0.2, 0) is 10.9 Å². The molecule has 1 aromatic carbocycles. The number of ether oxygens (including phenoxy) is 2. The molecule has 0 aliphatic carbocycles. The summed E-state index contributed by atoms with van der Waals surface area (Å²) in [7, 11) is 1.65. The Bertz CT molecular complexity index is 1360. The number of carbonyl (C=O) groups is 2. The van der Waals surface area contributed by atoms with Gasteiger partial charge in [-0.3, -0.25) is 4.79 Å². The van der Waals surface area contributed by atoms with Crippen LogP contribution < -0.4 is 10.1 Å². The van der Waals surface area contributed by atoms with Gasteiger partial charge in [-0.05, 0) is 59.7 Å². The van der Waals surface area contributed by atoms with Gasteiger partial charge < -0.3 is 19.7 Å². The van der Waals surface area contributed by atoms with Crippen molar-refractivity contribution >= 4 is 23.3 Å². The molecule has 9 nitrogen and oxygen atoms in total. The van der Waals surface area contributed by atoms with Gasteiger partial charge in [-0.15, -0.1) is 11.3 Å². The first-order chi connectivity index (χ1) is 19.0. The highest BCUT2D eigenvalue weighted by atomic mass is 32.1. The maximum Gasteiger partial charge on any atom is 0.451 e. The van der Waals surface area contributed by atoms with Crippen LogP contribution in [0.25, 0.3) is 10.6 Å². The fourth-order valence-corrected chi connectivity index (χ4v) is 4.33. The Hall–Kier alpha value is -3.74. The van der Waals surface area contributed by atoms with E-state index in [9.17, 15) is 22.8 Å². The van der Waals surface area contributed by atoms with E-state index in [1.807, 2.05) is 13.8 Å². The number of halogens is 3. The van der Waals surface area contributed by atoms with Crippen LogP contribution in [-0.4, -0.2) is 57.1 Å². The number of alkyl halides is 3. The fraction of sp³-hybridized carbons (Fsp3) is 0.464. The average Bonchev–Trinajstić information content (AvgIpc) is 3.31. The van der Waals surface area contributed by atoms with Crippen LogP contribution in [0.15, 0.2) is 36.8 Å². The third kappa shape index (κ3) is 9.41. The van der Waals surface area contributed by atoms with E-state index in [0.717, 1.165) is 17.3 Å². The summed E-state index contributed by atoms with van der Waals surface area (Å²) < 4.78 is 49.9. The molecule has 0 unspecified atom stereocenters. The molecular formula is C28H34F3N5O4S. The van der Waals surface area contributed by atoms with E-state index < -0.39 is 35.6 Å². The molecule has 0 aliphatic heterocycles. The molecule has 0 radical (unpaired) electrons. The monoisotopic (exact) mass is 593 g/mol. The minimum absolute atomic E-state index is 0.281. The number of rotatable bonds is 9. The van der Waals surface area contributed by atoms with Crippen LogP contribution >= 0.6 is 11.3 Å². The minimum Gasteiger partial charge on any atom is -0.491 e. The Morgan fingerprint density at radius 1 is 1.05 bits per heavy atom. The van der Waals surface area contributed by atoms with Crippen molar-refractivity contribution in [3.05, 3.63) is 58.6 Å². The molecular weight excluding hydrogens is 559 g/mol. The van der Waals surface area contributed by atoms with Crippen molar-refractivity contribution in [1.29, 1.82) is 0 Å². The molecule has 2 heterocycles. The molecule has 2 amide bonds. The number of hydrogen-bond donors (Lipinski definition) is 1. The van der Waals surface area contributed by atoms with Gasteiger partial charge in [-0.1, -0.05) is 0 Å². The van der Waals surface area contributed by atoms with Gasteiger partial charge in [0, 0.05) is 60.2 Å². The summed E-state index contributed by atoms with van der Waals surface area (Å²) in [6.07, 6.45) is -1.08. The summed E-state index contributed by atoms with van der Waals surface area (Å²) in [6.45, 7) is 11.2. The van der Waals surface area contributed by atoms with Gasteiger partial charge in [0.05, 0.1) is 12.1 Å². The largest absolute Gasteiger partial charge is 0.491 e. The molecule has 3 rings (SSSR count). The SMILES string of the molecule is Cc1cnc(-c2cc(O[C@H](C)CCN(C)C(=O)OC(C)(C)C)cc(C(=O)N[C@H](C)c3cnc(C(F)(F)F)nc3)c2)s1. The van der Waals surface area contributed by atoms with E-state index in [4.69, 9.17) is 9.47 Å². The normalized spacial score (nSPS) is 13.3. The van der Waals surface area contributed by atoms with E-state index in [1.165, 1.54) is 16.2 Å². The van der Waals surface area contributed by atoms with Crippen molar-refractivity contribution < 1.29 is 32.2 Å². The summed E-state index contributed by atoms with van der Waals surface area (Å²) in [5.74, 6) is -1.28. The molecule has 1 N–H and O–H groups in total. The summed E-state index contributed by atoms with van der Waals surface area (Å²) in [5.41, 5.74) is 0.672. The van der Waals surface area contributed by atoms with E-state index in [0.29, 0.717) is 34.8 Å². The van der Waals surface area contributed by atoms with Crippen molar-refractivity contribution in [2.75, 3.05) is 13.6 Å². The molecule has 3 aromatic rings. The van der Waals surface area contributed by atoms with Crippen molar-refractivity contribution in [3.63, 3.8) is 0 Å². The molecule has 0 saturated heterocycles. The highest BCUT2D eigenvalue weighted by Crippen LogP contribution is 2.31. The first-order valence-electron chi connectivity index (χ1n) is 12.9. The molecule has 0 saturated carbocycles. The lowest BCUT2D eigenvalue weighted by atomic mass is 10.1. The van der Waals surface area contributed by atoms with Crippen molar-refractivity contribution in [3.8, 4) is 16.3 Å². The fourth-order valence-electron chi connectivity index (χ4n) is 3.58. The highest BCUT2D eigenvalue weighted by molar-refractivity contribution is 7.14. The van der Waals surface area contributed by atoms with Crippen LogP contribution in [0.1, 0.15) is 73.7 Å². The molecule has 0 fully saturated rings. The van der Waals surface area contributed by atoms with Gasteiger partial charge >= 0.3 is 12.3 Å². The van der Waals surface area contributed by atoms with Crippen LogP contribution in [0, 0.1) is 6.92 Å². The molecule has 0 bridgehead atoms. The van der Waals surface area contributed by atoms with E-state index in [1.54, 1.807) is 59.1 Å². The molecule has 0 spiro atoms. The Balaban J connectivity index is 1.75. The number of aromatic nitrogens is 3. The number of hydrogen-bond acceptors (Lipinski definition) is 8. The highest BCUT2D eigenvalue weighted by Gasteiger charge is 2.34. The third-order valence-electron chi connectivity index (χ3n) is 5.72. The third-order valence-corrected chi connectivity index (χ3v) is 6.69. The van der Waals surface area contributed by atoms with Crippen molar-refractivity contribution in [2.45, 2.75) is 71.9 Å². The smallest absolute Gasteiger partial charge is 0.451 e. The predicted octanol–water partition coefficient (Wildman–Crippen LogP) is 6.44. The molecule has 0 aliphatic rings. The maximum atomic E-state index is 13.2. The molecule has 41 heavy (non-hydrogen) atoms. The molecule has 2 aromatic heterocycles. The Kier molecular flexibility index (Phi) is 9.95. The molecule has 2 atom stereocenters. The molecule has 222 valence electrons. The second-order valence-corrected chi connectivity index (χ2v) is 11.9. The number of carbonyl (C=O) groups excluding carboxylic acids is 2. The van der Waals surface area contributed by atoms with Gasteiger partial charge in [0.25, 0.3) is 5.91 Å². The number of thiazole rings is 1. The minimum atomic E-state index is -4.65. The maximum absolute atomic E-state index is 13.2. The predicted molar refractivity (Wildman–Crippen MR) is 149 cm³/mol. The zero-order chi connectivity index (χ0) is 30.5. The first kappa shape index (κ1) is 31.8. The van der Waals surface area contributed by atoms with Crippen molar-refractivity contribution in [2.24, 2.45) is 0 Å². The average molecular weight is 594 g/mol. The van der Waals surface area contributed by atoms with Crippen LogP contribution in [0.5, 0.6) is 5.75 Å². The summed E-state index contributed by atoms with van der Waals surface area (Å²) in [5, 5.41) is 3.47. The van der Waals surface area contributed by atoms with Gasteiger partial charge in [-0.2, -0.15) is 13.2 Å². The Labute approximate surface area is 241 Å². The standard InChI is InChI=1S/C28H34F3N5O4S/c1-16(8-9-36(7)26(38)40-27(4,5)6)39-22-11-19(10-20(12-22)24-32-13-17(2)41-24)23(37)35-18(3)21-14-33-25(34-15-21)28(29,30)31/h10-16,18H,8-9H2,1-7H3,(H,35,37)/t16-,18-/m1/s1. The van der Waals surface area contributed by atoms with Crippen LogP contribution in [0.3, 0.4) is 0 Å². The van der Waals surface area contributed by atoms with Gasteiger partial charge in [0.2, 0.25) is 5.82 Å². The van der Waals surface area contributed by atoms with Gasteiger partial charge in [0.1, 0.15) is 16.4 Å². The summed E-state index contributed by atoms with van der Waals surface area (Å²) >= 11 is 1.46. The number of benzene rings is 1. The van der Waals surface area contributed by atoms with E-state index >= 15 is 0 Å². The first-order valence-corrected chi connectivity index (χ1v) is 13.7. The topological polar surface area (TPSA) is 107 Å². The van der Waals surface area contributed by atoms with Crippen molar-refractivity contribution in [1.82, 2.24) is 25.2 Å². The van der Waals surface area contributed by atoms with E-state index in [2.05, 4.69) is 20.3 Å². The van der Waals surface area contributed by atoms with Gasteiger partial charge in [-0.25, -0.2) is 19.7 Å². The lowest BCUT2D eigenvalue weighted by Gasteiger charge is -2.25. The number of amides is 2. The number of aryl methyl sites for hydroxylation is 1. The molecule has 13 heteroatoms. The lowest BCUT2D eigenvalue weighted by Crippen LogP contribution is -2.36. The van der Waals surface area contributed by atoms with E-state index in [-0.39, 0.29) is 11.7 Å². The second kappa shape index (κ2) is 12.8. The zero-order valence-electron chi connectivity index (χ0n) is 24.0. The number of nitrogens with zero attached hydrogens (tertiary/aromatic N) is 4. The Morgan fingerprint density at radius 3 is 2.27 bits per heavy atom. The van der Waals surface area contributed by atoms with Crippen LogP contribution in [0.4, 0.5) is 18.0 Å². The van der Waals surface area contributed by atoms with Crippen LogP contribution in [0.2, 0.25) is 0 Å².